The Morgan fingerprint density at radius 2 is 1.94 bits per heavy atom. The lowest BCUT2D eigenvalue weighted by molar-refractivity contribution is 0.124. The summed E-state index contributed by atoms with van der Waals surface area (Å²) in [6.45, 7) is 8.43. The summed E-state index contributed by atoms with van der Waals surface area (Å²) in [5.41, 5.74) is 2.86. The van der Waals surface area contributed by atoms with Crippen molar-refractivity contribution in [3.8, 4) is 0 Å². The highest BCUT2D eigenvalue weighted by Gasteiger charge is 2.25. The number of nitrogens with zero attached hydrogens (tertiary/aromatic N) is 1. The van der Waals surface area contributed by atoms with Crippen LogP contribution >= 0.6 is 0 Å². The Bertz CT molecular complexity index is 380. The predicted octanol–water partition coefficient (Wildman–Crippen LogP) is 2.84. The second kappa shape index (κ2) is 5.29. The average molecular weight is 248 g/mol. The molecule has 1 aromatic carbocycles. The highest BCUT2D eigenvalue weighted by atomic mass is 16.6. The van der Waals surface area contributed by atoms with Gasteiger partial charge in [-0.2, -0.15) is 0 Å². The van der Waals surface area contributed by atoms with Crippen LogP contribution in [-0.2, 0) is 10.3 Å². The Hall–Kier alpha value is -1.06. The summed E-state index contributed by atoms with van der Waals surface area (Å²) in [6, 6.07) is 9.32. The molecule has 1 unspecified atom stereocenters. The zero-order valence-electron chi connectivity index (χ0n) is 11.6. The van der Waals surface area contributed by atoms with Gasteiger partial charge < -0.3 is 9.74 Å². The van der Waals surface area contributed by atoms with E-state index in [0.29, 0.717) is 12.6 Å². The molecule has 0 radical (unpaired) electrons. The summed E-state index contributed by atoms with van der Waals surface area (Å²) in [5, 5.41) is 0. The molecule has 0 aromatic heterocycles. The smallest absolute Gasteiger partial charge is 0.0882 e. The number of hydrogen-bond donors (Lipinski definition) is 1. The summed E-state index contributed by atoms with van der Waals surface area (Å²) in [5.74, 6) is 5.20. The second-order valence-electron chi connectivity index (χ2n) is 6.12. The fourth-order valence-corrected chi connectivity index (χ4v) is 2.61. The van der Waals surface area contributed by atoms with Crippen LogP contribution in [0.4, 0.5) is 5.69 Å². The predicted molar refractivity (Wildman–Crippen MR) is 75.6 cm³/mol. The van der Waals surface area contributed by atoms with Gasteiger partial charge in [-0.25, -0.2) is 5.90 Å². The van der Waals surface area contributed by atoms with Gasteiger partial charge in [-0.15, -0.1) is 0 Å². The maximum atomic E-state index is 5.20. The van der Waals surface area contributed by atoms with Gasteiger partial charge >= 0.3 is 0 Å². The molecule has 2 N–H and O–H groups in total. The number of rotatable bonds is 3. The van der Waals surface area contributed by atoms with Crippen molar-refractivity contribution in [3.05, 3.63) is 29.8 Å². The van der Waals surface area contributed by atoms with Gasteiger partial charge in [0.1, 0.15) is 0 Å². The standard InChI is InChI=1S/C15H24N2O/c1-15(2,3)12-6-8-13(9-7-12)17-10-4-5-14(17)11-18-16/h6-9,14H,4-5,10-11,16H2,1-3H3. The third-order valence-corrected chi connectivity index (χ3v) is 3.73. The highest BCUT2D eigenvalue weighted by Crippen LogP contribution is 2.29. The van der Waals surface area contributed by atoms with Gasteiger partial charge in [-0.1, -0.05) is 32.9 Å². The van der Waals surface area contributed by atoms with Gasteiger partial charge in [-0.05, 0) is 36.0 Å². The molecule has 0 saturated carbocycles. The average Bonchev–Trinajstić information content (AvgIpc) is 2.77. The number of nitrogens with two attached hydrogens (primary N) is 1. The van der Waals surface area contributed by atoms with Crippen LogP contribution in [0, 0.1) is 0 Å². The van der Waals surface area contributed by atoms with Gasteiger partial charge in [0.05, 0.1) is 12.6 Å². The molecule has 0 aliphatic carbocycles. The molecule has 100 valence electrons. The first-order valence-corrected chi connectivity index (χ1v) is 6.71. The van der Waals surface area contributed by atoms with Gasteiger partial charge in [0.25, 0.3) is 0 Å². The van der Waals surface area contributed by atoms with Crippen LogP contribution in [0.5, 0.6) is 0 Å². The first-order chi connectivity index (χ1) is 8.52. The zero-order valence-corrected chi connectivity index (χ0v) is 11.6. The normalized spacial score (nSPS) is 20.4. The molecule has 1 heterocycles. The van der Waals surface area contributed by atoms with Crippen LogP contribution < -0.4 is 10.8 Å². The van der Waals surface area contributed by atoms with Gasteiger partial charge in [0.15, 0.2) is 0 Å². The van der Waals surface area contributed by atoms with Crippen molar-refractivity contribution < 1.29 is 4.84 Å². The van der Waals surface area contributed by atoms with Crippen LogP contribution in [0.1, 0.15) is 39.2 Å². The first-order valence-electron chi connectivity index (χ1n) is 6.71. The van der Waals surface area contributed by atoms with E-state index in [1.165, 1.54) is 17.7 Å². The van der Waals surface area contributed by atoms with Crippen LogP contribution in [0.2, 0.25) is 0 Å². The van der Waals surface area contributed by atoms with Crippen LogP contribution in [0.3, 0.4) is 0 Å². The van der Waals surface area contributed by atoms with Crippen molar-refractivity contribution in [1.29, 1.82) is 0 Å². The molecule has 1 fully saturated rings. The van der Waals surface area contributed by atoms with Crippen LogP contribution in [0.15, 0.2) is 24.3 Å². The maximum Gasteiger partial charge on any atom is 0.0882 e. The molecule has 18 heavy (non-hydrogen) atoms. The molecule has 1 aromatic rings. The SMILES string of the molecule is CC(C)(C)c1ccc(N2CCCC2CON)cc1. The van der Waals surface area contributed by atoms with Gasteiger partial charge in [0.2, 0.25) is 0 Å². The topological polar surface area (TPSA) is 38.5 Å². The second-order valence-corrected chi connectivity index (χ2v) is 6.12. The fourth-order valence-electron chi connectivity index (χ4n) is 2.61. The van der Waals surface area contributed by atoms with Crippen molar-refractivity contribution >= 4 is 5.69 Å². The zero-order chi connectivity index (χ0) is 13.2. The van der Waals surface area contributed by atoms with E-state index < -0.39 is 0 Å². The molecule has 2 rings (SSSR count). The molecule has 0 bridgehead atoms. The molecular formula is C15H24N2O. The molecule has 1 saturated heterocycles. The largest absolute Gasteiger partial charge is 0.366 e. The summed E-state index contributed by atoms with van der Waals surface area (Å²) < 4.78 is 0. The summed E-state index contributed by atoms with van der Waals surface area (Å²) >= 11 is 0. The van der Waals surface area contributed by atoms with Crippen molar-refractivity contribution in [3.63, 3.8) is 0 Å². The summed E-state index contributed by atoms with van der Waals surface area (Å²) in [6.07, 6.45) is 2.38. The molecule has 1 aliphatic heterocycles. The molecule has 0 spiro atoms. The summed E-state index contributed by atoms with van der Waals surface area (Å²) in [7, 11) is 0. The number of anilines is 1. The van der Waals surface area contributed by atoms with E-state index in [2.05, 4.69) is 49.9 Å². The third-order valence-electron chi connectivity index (χ3n) is 3.73. The minimum atomic E-state index is 0.212. The van der Waals surface area contributed by atoms with E-state index in [4.69, 9.17) is 10.7 Å². The Kier molecular flexibility index (Phi) is 3.93. The Balaban J connectivity index is 2.14. The van der Waals surface area contributed by atoms with Crippen molar-refractivity contribution in [1.82, 2.24) is 0 Å². The van der Waals surface area contributed by atoms with Crippen molar-refractivity contribution in [2.24, 2.45) is 5.90 Å². The van der Waals surface area contributed by atoms with Gasteiger partial charge in [-0.3, -0.25) is 0 Å². The minimum Gasteiger partial charge on any atom is -0.366 e. The lowest BCUT2D eigenvalue weighted by Gasteiger charge is -2.27. The van der Waals surface area contributed by atoms with E-state index in [9.17, 15) is 0 Å². The van der Waals surface area contributed by atoms with E-state index >= 15 is 0 Å². The van der Waals surface area contributed by atoms with E-state index in [-0.39, 0.29) is 5.41 Å². The maximum absolute atomic E-state index is 5.20. The molecule has 1 aliphatic rings. The Morgan fingerprint density at radius 1 is 1.28 bits per heavy atom. The monoisotopic (exact) mass is 248 g/mol. The lowest BCUT2D eigenvalue weighted by atomic mass is 9.87. The fraction of sp³-hybridized carbons (Fsp3) is 0.600. The molecule has 0 amide bonds. The first kappa shape index (κ1) is 13.4. The van der Waals surface area contributed by atoms with E-state index in [1.807, 2.05) is 0 Å². The summed E-state index contributed by atoms with van der Waals surface area (Å²) in [4.78, 5) is 7.22. The van der Waals surface area contributed by atoms with Crippen molar-refractivity contribution in [2.75, 3.05) is 18.1 Å². The third kappa shape index (κ3) is 2.85. The number of benzene rings is 1. The molecule has 3 heteroatoms. The van der Waals surface area contributed by atoms with E-state index in [0.717, 1.165) is 13.0 Å². The lowest BCUT2D eigenvalue weighted by Crippen LogP contribution is -2.34. The highest BCUT2D eigenvalue weighted by molar-refractivity contribution is 5.50. The Labute approximate surface area is 110 Å². The van der Waals surface area contributed by atoms with E-state index in [1.54, 1.807) is 0 Å². The molecule has 1 atom stereocenters. The minimum absolute atomic E-state index is 0.212. The van der Waals surface area contributed by atoms with Crippen molar-refractivity contribution in [2.45, 2.75) is 45.1 Å². The molecule has 3 nitrogen and oxygen atoms in total. The Morgan fingerprint density at radius 3 is 2.50 bits per heavy atom. The van der Waals surface area contributed by atoms with Crippen LogP contribution in [-0.4, -0.2) is 19.2 Å². The number of hydrogen-bond acceptors (Lipinski definition) is 3. The molecular weight excluding hydrogens is 224 g/mol. The van der Waals surface area contributed by atoms with Crippen LogP contribution in [0.25, 0.3) is 0 Å². The quantitative estimate of drug-likeness (QED) is 0.836. The van der Waals surface area contributed by atoms with Gasteiger partial charge in [0, 0.05) is 12.2 Å².